The first-order valence-corrected chi connectivity index (χ1v) is 8.72. The third kappa shape index (κ3) is 3.59. The predicted molar refractivity (Wildman–Crippen MR) is 83.2 cm³/mol. The molecule has 7 heteroatoms. The van der Waals surface area contributed by atoms with Gasteiger partial charge in [0, 0.05) is 18.7 Å². The second-order valence-corrected chi connectivity index (χ2v) is 7.11. The Kier molecular flexibility index (Phi) is 4.88. The third-order valence-corrected chi connectivity index (χ3v) is 5.32. The second kappa shape index (κ2) is 6.76. The summed E-state index contributed by atoms with van der Waals surface area (Å²) in [5.74, 6) is -2.69. The molecule has 3 atom stereocenters. The normalized spacial score (nSPS) is 28.3. The van der Waals surface area contributed by atoms with Crippen LogP contribution in [0, 0.1) is 18.8 Å². The van der Waals surface area contributed by atoms with E-state index in [0.717, 1.165) is 18.4 Å². The highest BCUT2D eigenvalue weighted by Crippen LogP contribution is 2.42. The number of carbonyl (C=O) groups is 1. The maximum atomic E-state index is 13.3. The predicted octanol–water partition coefficient (Wildman–Crippen LogP) is 3.55. The number of amides is 1. The molecule has 1 saturated heterocycles. The monoisotopic (exact) mass is 343 g/mol. The minimum absolute atomic E-state index is 0.0485. The summed E-state index contributed by atoms with van der Waals surface area (Å²) in [5, 5.41) is 4.24. The van der Waals surface area contributed by atoms with E-state index in [4.69, 9.17) is 0 Å². The zero-order chi connectivity index (χ0) is 17.3. The Bertz CT molecular complexity index is 584. The van der Waals surface area contributed by atoms with Gasteiger partial charge in [0.15, 0.2) is 0 Å². The van der Waals surface area contributed by atoms with Crippen molar-refractivity contribution in [3.05, 3.63) is 18.0 Å². The van der Waals surface area contributed by atoms with Crippen molar-refractivity contribution in [2.75, 3.05) is 6.54 Å². The van der Waals surface area contributed by atoms with E-state index >= 15 is 0 Å². The van der Waals surface area contributed by atoms with Gasteiger partial charge < -0.3 is 4.90 Å². The summed E-state index contributed by atoms with van der Waals surface area (Å²) < 4.78 is 41.7. The molecule has 2 aliphatic rings. The lowest BCUT2D eigenvalue weighted by atomic mass is 9.78. The largest absolute Gasteiger partial charge is 0.392 e. The highest BCUT2D eigenvalue weighted by Gasteiger charge is 2.49. The van der Waals surface area contributed by atoms with Gasteiger partial charge in [-0.2, -0.15) is 18.3 Å². The van der Waals surface area contributed by atoms with Crippen LogP contribution in [0.15, 0.2) is 12.4 Å². The summed E-state index contributed by atoms with van der Waals surface area (Å²) in [5.41, 5.74) is 1.04. The fourth-order valence-electron chi connectivity index (χ4n) is 4.13. The van der Waals surface area contributed by atoms with Crippen LogP contribution in [-0.4, -0.2) is 39.4 Å². The topological polar surface area (TPSA) is 38.1 Å². The van der Waals surface area contributed by atoms with Crippen molar-refractivity contribution in [1.82, 2.24) is 14.7 Å². The number of carbonyl (C=O) groups excluding carboxylic acids is 1. The van der Waals surface area contributed by atoms with Gasteiger partial charge in [-0.1, -0.05) is 12.8 Å². The molecule has 0 spiro atoms. The molecule has 1 aromatic rings. The minimum atomic E-state index is -4.28. The van der Waals surface area contributed by atoms with Crippen molar-refractivity contribution in [1.29, 1.82) is 0 Å². The van der Waals surface area contributed by atoms with E-state index in [1.165, 1.54) is 0 Å². The maximum absolute atomic E-state index is 13.3. The number of rotatable bonds is 3. The SMILES string of the molecule is Cc1cnn(C[C@@H]2CCCN2C(=O)[C@H]2CCCC[C@@H]2C(F)(F)F)c1. The van der Waals surface area contributed by atoms with E-state index in [1.54, 1.807) is 15.8 Å². The fourth-order valence-corrected chi connectivity index (χ4v) is 4.13. The molecule has 1 aliphatic heterocycles. The molecule has 134 valence electrons. The molecule has 24 heavy (non-hydrogen) atoms. The molecule has 0 N–H and O–H groups in total. The van der Waals surface area contributed by atoms with E-state index in [9.17, 15) is 18.0 Å². The lowest BCUT2D eigenvalue weighted by Crippen LogP contribution is -2.47. The summed E-state index contributed by atoms with van der Waals surface area (Å²) in [6, 6.07) is -0.0485. The number of hydrogen-bond acceptors (Lipinski definition) is 2. The van der Waals surface area contributed by atoms with Crippen molar-refractivity contribution in [3.8, 4) is 0 Å². The first-order chi connectivity index (χ1) is 11.4. The average Bonchev–Trinajstić information content (AvgIpc) is 3.15. The quantitative estimate of drug-likeness (QED) is 0.842. The Morgan fingerprint density at radius 1 is 1.25 bits per heavy atom. The molecule has 2 heterocycles. The molecule has 2 fully saturated rings. The number of nitrogens with zero attached hydrogens (tertiary/aromatic N) is 3. The van der Waals surface area contributed by atoms with Gasteiger partial charge in [-0.05, 0) is 38.2 Å². The molecule has 0 unspecified atom stereocenters. The smallest absolute Gasteiger partial charge is 0.338 e. The van der Waals surface area contributed by atoms with Crippen LogP contribution in [0.4, 0.5) is 13.2 Å². The Balaban J connectivity index is 1.72. The van der Waals surface area contributed by atoms with Gasteiger partial charge in [-0.25, -0.2) is 0 Å². The molecule has 0 aromatic carbocycles. The molecular weight excluding hydrogens is 319 g/mol. The summed E-state index contributed by atoms with van der Waals surface area (Å²) in [6.45, 7) is 3.06. The standard InChI is InChI=1S/C17H24F3N3O/c1-12-9-21-22(10-12)11-13-5-4-8-23(13)16(24)14-6-2-3-7-15(14)17(18,19)20/h9-10,13-15H,2-8,11H2,1H3/t13-,14-,15-/m0/s1. The van der Waals surface area contributed by atoms with Crippen LogP contribution < -0.4 is 0 Å². The van der Waals surface area contributed by atoms with Gasteiger partial charge in [-0.15, -0.1) is 0 Å². The van der Waals surface area contributed by atoms with Crippen molar-refractivity contribution in [3.63, 3.8) is 0 Å². The molecule has 0 radical (unpaired) electrons. The summed E-state index contributed by atoms with van der Waals surface area (Å²) in [4.78, 5) is 14.5. The van der Waals surface area contributed by atoms with Crippen molar-refractivity contribution in [2.24, 2.45) is 11.8 Å². The highest BCUT2D eigenvalue weighted by molar-refractivity contribution is 5.80. The van der Waals surface area contributed by atoms with Crippen molar-refractivity contribution >= 4 is 5.91 Å². The summed E-state index contributed by atoms with van der Waals surface area (Å²) >= 11 is 0. The lowest BCUT2D eigenvalue weighted by Gasteiger charge is -2.36. The number of aromatic nitrogens is 2. The first kappa shape index (κ1) is 17.3. The molecule has 1 aliphatic carbocycles. The summed E-state index contributed by atoms with van der Waals surface area (Å²) in [7, 11) is 0. The van der Waals surface area contributed by atoms with Gasteiger partial charge in [0.1, 0.15) is 0 Å². The van der Waals surface area contributed by atoms with Crippen LogP contribution in [0.3, 0.4) is 0 Å². The molecule has 0 bridgehead atoms. The van der Waals surface area contributed by atoms with Gasteiger partial charge in [0.2, 0.25) is 5.91 Å². The zero-order valence-corrected chi connectivity index (χ0v) is 13.9. The van der Waals surface area contributed by atoms with Crippen LogP contribution >= 0.6 is 0 Å². The number of aryl methyl sites for hydroxylation is 1. The van der Waals surface area contributed by atoms with Crippen LogP contribution in [0.1, 0.15) is 44.1 Å². The molecule has 3 rings (SSSR count). The molecule has 4 nitrogen and oxygen atoms in total. The number of halogens is 3. The average molecular weight is 343 g/mol. The Hall–Kier alpha value is -1.53. The Morgan fingerprint density at radius 3 is 2.67 bits per heavy atom. The Labute approximate surface area is 140 Å². The first-order valence-electron chi connectivity index (χ1n) is 8.72. The molecule has 1 saturated carbocycles. The van der Waals surface area contributed by atoms with E-state index in [-0.39, 0.29) is 18.4 Å². The third-order valence-electron chi connectivity index (χ3n) is 5.32. The number of likely N-dealkylation sites (tertiary alicyclic amines) is 1. The molecule has 1 aromatic heterocycles. The van der Waals surface area contributed by atoms with Gasteiger partial charge in [0.05, 0.1) is 24.7 Å². The van der Waals surface area contributed by atoms with Crippen molar-refractivity contribution in [2.45, 2.75) is 64.2 Å². The lowest BCUT2D eigenvalue weighted by molar-refractivity contribution is -0.201. The van der Waals surface area contributed by atoms with Crippen LogP contribution in [0.5, 0.6) is 0 Å². The summed E-state index contributed by atoms with van der Waals surface area (Å²) in [6.07, 6.45) is 2.75. The van der Waals surface area contributed by atoms with Crippen LogP contribution in [0.25, 0.3) is 0 Å². The van der Waals surface area contributed by atoms with Gasteiger partial charge in [0.25, 0.3) is 0 Å². The number of alkyl halides is 3. The molecular formula is C17H24F3N3O. The van der Waals surface area contributed by atoms with E-state index in [0.29, 0.717) is 32.4 Å². The second-order valence-electron chi connectivity index (χ2n) is 7.11. The van der Waals surface area contributed by atoms with Crippen LogP contribution in [-0.2, 0) is 11.3 Å². The fraction of sp³-hybridized carbons (Fsp3) is 0.765. The Morgan fingerprint density at radius 2 is 2.00 bits per heavy atom. The van der Waals surface area contributed by atoms with E-state index < -0.39 is 18.0 Å². The van der Waals surface area contributed by atoms with Crippen molar-refractivity contribution < 1.29 is 18.0 Å². The van der Waals surface area contributed by atoms with Gasteiger partial charge in [-0.3, -0.25) is 9.48 Å². The molecule has 1 amide bonds. The van der Waals surface area contributed by atoms with Crippen LogP contribution in [0.2, 0.25) is 0 Å². The minimum Gasteiger partial charge on any atom is -0.338 e. The highest BCUT2D eigenvalue weighted by atomic mass is 19.4. The maximum Gasteiger partial charge on any atom is 0.392 e. The number of hydrogen-bond donors (Lipinski definition) is 0. The van der Waals surface area contributed by atoms with E-state index in [1.807, 2.05) is 13.1 Å². The van der Waals surface area contributed by atoms with E-state index in [2.05, 4.69) is 5.10 Å². The zero-order valence-electron chi connectivity index (χ0n) is 13.9. The van der Waals surface area contributed by atoms with Gasteiger partial charge >= 0.3 is 6.18 Å².